The fourth-order valence-electron chi connectivity index (χ4n) is 0.856. The Balaban J connectivity index is 3.33. The van der Waals surface area contributed by atoms with Gasteiger partial charge in [0.25, 0.3) is 5.91 Å². The molecule has 3 nitrogen and oxygen atoms in total. The SMILES string of the molecule is N#CNC(=O)c1cc(F)c(F)c(F)c1F. The van der Waals surface area contributed by atoms with Gasteiger partial charge < -0.3 is 0 Å². The number of nitrogens with zero attached hydrogens (tertiary/aromatic N) is 1. The van der Waals surface area contributed by atoms with E-state index in [-0.39, 0.29) is 6.07 Å². The summed E-state index contributed by atoms with van der Waals surface area (Å²) in [6.07, 6.45) is 1.14. The summed E-state index contributed by atoms with van der Waals surface area (Å²) in [4.78, 5) is 10.9. The Bertz CT molecular complexity index is 467. The molecule has 78 valence electrons. The first-order valence-electron chi connectivity index (χ1n) is 3.51. The Labute approximate surface area is 80.9 Å². The number of rotatable bonds is 1. The molecule has 0 aromatic heterocycles. The summed E-state index contributed by atoms with van der Waals surface area (Å²) in [6.45, 7) is 0. The highest BCUT2D eigenvalue weighted by atomic mass is 19.2. The number of hydrogen-bond acceptors (Lipinski definition) is 2. The second-order valence-corrected chi connectivity index (χ2v) is 2.41. The van der Waals surface area contributed by atoms with Gasteiger partial charge in [-0.2, -0.15) is 5.26 Å². The van der Waals surface area contributed by atoms with Crippen LogP contribution in [-0.2, 0) is 0 Å². The number of benzene rings is 1. The summed E-state index contributed by atoms with van der Waals surface area (Å²) in [5.74, 6) is -9.02. The van der Waals surface area contributed by atoms with Crippen LogP contribution in [0, 0.1) is 34.7 Å². The fraction of sp³-hybridized carbons (Fsp3) is 0. The zero-order valence-corrected chi connectivity index (χ0v) is 6.94. The molecule has 7 heteroatoms. The Morgan fingerprint density at radius 3 is 2.33 bits per heavy atom. The summed E-state index contributed by atoms with van der Waals surface area (Å²) < 4.78 is 50.5. The van der Waals surface area contributed by atoms with E-state index < -0.39 is 34.7 Å². The molecule has 0 aliphatic carbocycles. The predicted molar refractivity (Wildman–Crippen MR) is 39.4 cm³/mol. The van der Waals surface area contributed by atoms with Gasteiger partial charge in [0.2, 0.25) is 0 Å². The zero-order valence-electron chi connectivity index (χ0n) is 6.94. The lowest BCUT2D eigenvalue weighted by Gasteiger charge is -2.02. The number of amides is 1. The third kappa shape index (κ3) is 1.88. The molecule has 1 amide bonds. The highest BCUT2D eigenvalue weighted by Crippen LogP contribution is 2.18. The summed E-state index contributed by atoms with van der Waals surface area (Å²) in [5.41, 5.74) is -1.08. The van der Waals surface area contributed by atoms with Gasteiger partial charge >= 0.3 is 0 Å². The minimum absolute atomic E-state index is 0.167. The van der Waals surface area contributed by atoms with E-state index in [9.17, 15) is 22.4 Å². The van der Waals surface area contributed by atoms with Crippen molar-refractivity contribution < 1.29 is 22.4 Å². The van der Waals surface area contributed by atoms with Crippen LogP contribution in [0.4, 0.5) is 17.6 Å². The summed E-state index contributed by atoms with van der Waals surface area (Å²) in [7, 11) is 0. The van der Waals surface area contributed by atoms with Crippen molar-refractivity contribution in [3.63, 3.8) is 0 Å². The molecule has 1 rings (SSSR count). The number of carbonyl (C=O) groups is 1. The van der Waals surface area contributed by atoms with E-state index >= 15 is 0 Å². The van der Waals surface area contributed by atoms with Crippen LogP contribution in [0.2, 0.25) is 0 Å². The molecule has 0 fully saturated rings. The molecule has 0 unspecified atom stereocenters. The van der Waals surface area contributed by atoms with Crippen molar-refractivity contribution in [2.24, 2.45) is 0 Å². The lowest BCUT2D eigenvalue weighted by molar-refractivity contribution is 0.0967. The van der Waals surface area contributed by atoms with Gasteiger partial charge in [-0.15, -0.1) is 0 Å². The highest BCUT2D eigenvalue weighted by molar-refractivity contribution is 5.95. The highest BCUT2D eigenvalue weighted by Gasteiger charge is 2.22. The smallest absolute Gasteiger partial charge is 0.267 e. The normalized spacial score (nSPS) is 9.53. The molecule has 0 saturated carbocycles. The van der Waals surface area contributed by atoms with Gasteiger partial charge in [-0.1, -0.05) is 0 Å². The van der Waals surface area contributed by atoms with Gasteiger partial charge in [0, 0.05) is 0 Å². The molecule has 1 aromatic rings. The number of hydrogen-bond donors (Lipinski definition) is 1. The monoisotopic (exact) mass is 218 g/mol. The van der Waals surface area contributed by atoms with Crippen LogP contribution in [0.5, 0.6) is 0 Å². The Morgan fingerprint density at radius 2 is 1.80 bits per heavy atom. The Kier molecular flexibility index (Phi) is 2.90. The summed E-state index contributed by atoms with van der Waals surface area (Å²) >= 11 is 0. The third-order valence-corrected chi connectivity index (χ3v) is 1.52. The number of nitriles is 1. The molecule has 0 spiro atoms. The van der Waals surface area contributed by atoms with Gasteiger partial charge in [0.05, 0.1) is 5.56 Å². The first-order valence-corrected chi connectivity index (χ1v) is 3.51. The fourth-order valence-corrected chi connectivity index (χ4v) is 0.856. The molecular weight excluding hydrogens is 216 g/mol. The second kappa shape index (κ2) is 3.96. The van der Waals surface area contributed by atoms with Crippen LogP contribution in [-0.4, -0.2) is 5.91 Å². The average Bonchev–Trinajstić information content (AvgIpc) is 2.20. The van der Waals surface area contributed by atoms with E-state index in [0.29, 0.717) is 0 Å². The van der Waals surface area contributed by atoms with Gasteiger partial charge in [-0.25, -0.2) is 17.6 Å². The Hall–Kier alpha value is -2.10. The van der Waals surface area contributed by atoms with E-state index in [4.69, 9.17) is 5.26 Å². The molecule has 1 N–H and O–H groups in total. The van der Waals surface area contributed by atoms with Crippen molar-refractivity contribution >= 4 is 5.91 Å². The van der Waals surface area contributed by atoms with Crippen molar-refractivity contribution in [1.82, 2.24) is 5.32 Å². The van der Waals surface area contributed by atoms with Gasteiger partial charge in [0.15, 0.2) is 29.5 Å². The van der Waals surface area contributed by atoms with Crippen molar-refractivity contribution in [3.8, 4) is 6.19 Å². The van der Waals surface area contributed by atoms with E-state index in [2.05, 4.69) is 0 Å². The molecule has 0 aliphatic rings. The first-order chi connectivity index (χ1) is 6.99. The van der Waals surface area contributed by atoms with Crippen molar-refractivity contribution in [1.29, 1.82) is 5.26 Å². The van der Waals surface area contributed by atoms with Gasteiger partial charge in [0.1, 0.15) is 0 Å². The molecule has 0 atom stereocenters. The number of halogens is 4. The van der Waals surface area contributed by atoms with Crippen molar-refractivity contribution in [2.45, 2.75) is 0 Å². The maximum absolute atomic E-state index is 12.9. The molecule has 0 saturated heterocycles. The third-order valence-electron chi connectivity index (χ3n) is 1.52. The minimum atomic E-state index is -2.10. The van der Waals surface area contributed by atoms with Crippen LogP contribution < -0.4 is 5.32 Å². The summed E-state index contributed by atoms with van der Waals surface area (Å²) in [5, 5.41) is 9.46. The average molecular weight is 218 g/mol. The van der Waals surface area contributed by atoms with Crippen LogP contribution in [0.3, 0.4) is 0 Å². The second-order valence-electron chi connectivity index (χ2n) is 2.41. The number of nitrogens with one attached hydrogen (secondary N) is 1. The molecule has 0 heterocycles. The molecule has 0 bridgehead atoms. The molecule has 0 aliphatic heterocycles. The zero-order chi connectivity index (χ0) is 11.6. The molecular formula is C8H2F4N2O. The minimum Gasteiger partial charge on any atom is -0.268 e. The molecule has 15 heavy (non-hydrogen) atoms. The van der Waals surface area contributed by atoms with E-state index in [1.807, 2.05) is 0 Å². The molecule has 1 aromatic carbocycles. The van der Waals surface area contributed by atoms with Crippen LogP contribution in [0.15, 0.2) is 6.07 Å². The lowest BCUT2D eigenvalue weighted by atomic mass is 10.2. The maximum atomic E-state index is 12.9. The maximum Gasteiger partial charge on any atom is 0.267 e. The number of carbonyl (C=O) groups excluding carboxylic acids is 1. The first kappa shape index (κ1) is 11.0. The topological polar surface area (TPSA) is 52.9 Å². The van der Waals surface area contributed by atoms with Gasteiger partial charge in [-0.3, -0.25) is 10.1 Å². The standard InChI is InChI=1S/C8H2F4N2O/c9-4-1-3(8(15)14-2-13)5(10)7(12)6(4)11/h1H,(H,14,15). The van der Waals surface area contributed by atoms with E-state index in [1.165, 1.54) is 5.32 Å². The van der Waals surface area contributed by atoms with Crippen molar-refractivity contribution in [2.75, 3.05) is 0 Å². The Morgan fingerprint density at radius 1 is 1.20 bits per heavy atom. The van der Waals surface area contributed by atoms with Gasteiger partial charge in [-0.05, 0) is 6.07 Å². The predicted octanol–water partition coefficient (Wildman–Crippen LogP) is 1.45. The van der Waals surface area contributed by atoms with E-state index in [1.54, 1.807) is 0 Å². The summed E-state index contributed by atoms with van der Waals surface area (Å²) in [6, 6.07) is 0.167. The quantitative estimate of drug-likeness (QED) is 0.255. The molecule has 0 radical (unpaired) electrons. The van der Waals surface area contributed by atoms with E-state index in [0.717, 1.165) is 6.19 Å². The largest absolute Gasteiger partial charge is 0.268 e. The van der Waals surface area contributed by atoms with Crippen molar-refractivity contribution in [3.05, 3.63) is 34.9 Å². The van der Waals surface area contributed by atoms with Crippen LogP contribution in [0.1, 0.15) is 10.4 Å². The van der Waals surface area contributed by atoms with Crippen LogP contribution in [0.25, 0.3) is 0 Å². The lowest BCUT2D eigenvalue weighted by Crippen LogP contribution is -2.20. The van der Waals surface area contributed by atoms with Crippen LogP contribution >= 0.6 is 0 Å².